The lowest BCUT2D eigenvalue weighted by Gasteiger charge is -2.11. The molecule has 2 rings (SSSR count). The Morgan fingerprint density at radius 2 is 1.94 bits per heavy atom. The molecule has 0 radical (unpaired) electrons. The quantitative estimate of drug-likeness (QED) is 0.806. The van der Waals surface area contributed by atoms with Gasteiger partial charge in [-0.15, -0.1) is 0 Å². The Bertz CT molecular complexity index is 449. The van der Waals surface area contributed by atoms with Gasteiger partial charge in [0.2, 0.25) is 0 Å². The Kier molecular flexibility index (Phi) is 3.76. The lowest BCUT2D eigenvalue weighted by atomic mass is 9.99. The van der Waals surface area contributed by atoms with Crippen LogP contribution in [0.15, 0.2) is 30.3 Å². The minimum atomic E-state index is -4.29. The van der Waals surface area contributed by atoms with E-state index >= 15 is 0 Å². The van der Waals surface area contributed by atoms with Crippen molar-refractivity contribution in [2.24, 2.45) is 5.73 Å². The molecule has 1 nitrogen and oxygen atoms in total. The van der Waals surface area contributed by atoms with Crippen LogP contribution < -0.4 is 5.73 Å². The summed E-state index contributed by atoms with van der Waals surface area (Å²) in [5.41, 5.74) is 6.87. The number of hydrogen-bond donors (Lipinski definition) is 1. The Morgan fingerprint density at radius 1 is 1.17 bits per heavy atom. The van der Waals surface area contributed by atoms with Crippen molar-refractivity contribution in [3.63, 3.8) is 0 Å². The summed E-state index contributed by atoms with van der Waals surface area (Å²) in [4.78, 5) is 0. The number of benzene rings is 1. The van der Waals surface area contributed by atoms with Gasteiger partial charge in [-0.2, -0.15) is 13.2 Å². The molecule has 0 aliphatic heterocycles. The Hall–Kier alpha value is -1.29. The van der Waals surface area contributed by atoms with Gasteiger partial charge in [-0.3, -0.25) is 0 Å². The molecule has 0 amide bonds. The molecule has 18 heavy (non-hydrogen) atoms. The highest BCUT2D eigenvalue weighted by atomic mass is 19.4. The number of halogens is 3. The Labute approximate surface area is 104 Å². The molecule has 0 bridgehead atoms. The van der Waals surface area contributed by atoms with E-state index in [0.717, 1.165) is 37.3 Å². The van der Waals surface area contributed by atoms with Crippen molar-refractivity contribution in [3.05, 3.63) is 41.5 Å². The van der Waals surface area contributed by atoms with Crippen molar-refractivity contribution >= 4 is 5.57 Å². The van der Waals surface area contributed by atoms with Crippen molar-refractivity contribution in [2.75, 3.05) is 0 Å². The number of hydrogen-bond acceptors (Lipinski definition) is 1. The molecule has 2 N–H and O–H groups in total. The van der Waals surface area contributed by atoms with E-state index in [9.17, 15) is 13.2 Å². The third-order valence-electron chi connectivity index (χ3n) is 3.21. The van der Waals surface area contributed by atoms with Crippen molar-refractivity contribution in [1.82, 2.24) is 0 Å². The summed E-state index contributed by atoms with van der Waals surface area (Å²) in [6.07, 6.45) is 1.33. The first-order valence-electron chi connectivity index (χ1n) is 6.11. The van der Waals surface area contributed by atoms with Crippen molar-refractivity contribution < 1.29 is 13.2 Å². The molecule has 1 aromatic carbocycles. The third kappa shape index (κ3) is 3.13. The molecule has 98 valence electrons. The molecule has 1 atom stereocenters. The zero-order valence-electron chi connectivity index (χ0n) is 10.0. The number of alkyl halides is 3. The minimum Gasteiger partial charge on any atom is -0.324 e. The fourth-order valence-corrected chi connectivity index (χ4v) is 2.26. The standard InChI is InChI=1S/C14H16F3N/c15-14(16,17)12-6-3-5-10(8-12)11-4-1-2-7-13(18)9-11/h3,5-6,8-9,13H,1-2,4,7,18H2. The van der Waals surface area contributed by atoms with Gasteiger partial charge in [0.05, 0.1) is 5.56 Å². The van der Waals surface area contributed by atoms with Gasteiger partial charge < -0.3 is 5.73 Å². The summed E-state index contributed by atoms with van der Waals surface area (Å²) in [5.74, 6) is 0. The molecule has 0 fully saturated rings. The Balaban J connectivity index is 2.33. The molecule has 1 aliphatic rings. The fourth-order valence-electron chi connectivity index (χ4n) is 2.26. The van der Waals surface area contributed by atoms with Gasteiger partial charge in [-0.1, -0.05) is 24.6 Å². The molecular weight excluding hydrogens is 239 g/mol. The van der Waals surface area contributed by atoms with Crippen LogP contribution in [0.4, 0.5) is 13.2 Å². The van der Waals surface area contributed by atoms with E-state index in [1.54, 1.807) is 6.07 Å². The van der Waals surface area contributed by atoms with Gasteiger partial charge in [0.25, 0.3) is 0 Å². The predicted octanol–water partition coefficient (Wildman–Crippen LogP) is 3.99. The SMILES string of the molecule is NC1C=C(c2cccc(C(F)(F)F)c2)CCCC1. The number of rotatable bonds is 1. The van der Waals surface area contributed by atoms with Crippen LogP contribution in [0.1, 0.15) is 36.8 Å². The summed E-state index contributed by atoms with van der Waals surface area (Å²) < 4.78 is 37.9. The molecule has 0 saturated carbocycles. The summed E-state index contributed by atoms with van der Waals surface area (Å²) in [7, 11) is 0. The summed E-state index contributed by atoms with van der Waals surface area (Å²) >= 11 is 0. The first-order valence-corrected chi connectivity index (χ1v) is 6.11. The van der Waals surface area contributed by atoms with E-state index in [0.29, 0.717) is 5.56 Å². The van der Waals surface area contributed by atoms with E-state index in [1.165, 1.54) is 12.1 Å². The van der Waals surface area contributed by atoms with Gasteiger partial charge >= 0.3 is 6.18 Å². The smallest absolute Gasteiger partial charge is 0.324 e. The topological polar surface area (TPSA) is 26.0 Å². The van der Waals surface area contributed by atoms with Crippen LogP contribution in [0.2, 0.25) is 0 Å². The summed E-state index contributed by atoms with van der Waals surface area (Å²) in [6.45, 7) is 0. The zero-order chi connectivity index (χ0) is 13.2. The maximum Gasteiger partial charge on any atom is 0.416 e. The van der Waals surface area contributed by atoms with Crippen LogP contribution in [-0.2, 0) is 6.18 Å². The normalized spacial score (nSPS) is 21.3. The number of allylic oxidation sites excluding steroid dienone is 1. The second-order valence-corrected chi connectivity index (χ2v) is 4.68. The fraction of sp³-hybridized carbons (Fsp3) is 0.429. The average Bonchev–Trinajstić information content (AvgIpc) is 2.53. The molecule has 4 heteroatoms. The van der Waals surface area contributed by atoms with Crippen LogP contribution in [0, 0.1) is 0 Å². The largest absolute Gasteiger partial charge is 0.416 e. The highest BCUT2D eigenvalue weighted by Crippen LogP contribution is 2.32. The summed E-state index contributed by atoms with van der Waals surface area (Å²) in [6, 6.07) is 5.44. The summed E-state index contributed by atoms with van der Waals surface area (Å²) in [5, 5.41) is 0. The Morgan fingerprint density at radius 3 is 2.67 bits per heavy atom. The molecule has 0 heterocycles. The van der Waals surface area contributed by atoms with Gasteiger partial charge in [-0.05, 0) is 42.5 Å². The second kappa shape index (κ2) is 5.14. The number of nitrogens with two attached hydrogens (primary N) is 1. The van der Waals surface area contributed by atoms with E-state index in [4.69, 9.17) is 5.73 Å². The van der Waals surface area contributed by atoms with Gasteiger partial charge in [-0.25, -0.2) is 0 Å². The maximum absolute atomic E-state index is 12.6. The van der Waals surface area contributed by atoms with Crippen LogP contribution in [0.5, 0.6) is 0 Å². The lowest BCUT2D eigenvalue weighted by Crippen LogP contribution is -2.15. The van der Waals surface area contributed by atoms with Crippen LogP contribution in [0.3, 0.4) is 0 Å². The van der Waals surface area contributed by atoms with Crippen LogP contribution in [-0.4, -0.2) is 6.04 Å². The monoisotopic (exact) mass is 255 g/mol. The zero-order valence-corrected chi connectivity index (χ0v) is 10.0. The lowest BCUT2D eigenvalue weighted by molar-refractivity contribution is -0.137. The molecular formula is C14H16F3N. The molecule has 1 unspecified atom stereocenters. The second-order valence-electron chi connectivity index (χ2n) is 4.68. The first-order chi connectivity index (χ1) is 8.47. The molecule has 1 aromatic rings. The first kappa shape index (κ1) is 13.1. The third-order valence-corrected chi connectivity index (χ3v) is 3.21. The van der Waals surface area contributed by atoms with E-state index in [1.807, 2.05) is 6.08 Å². The predicted molar refractivity (Wildman–Crippen MR) is 65.9 cm³/mol. The molecule has 0 saturated heterocycles. The van der Waals surface area contributed by atoms with Crippen molar-refractivity contribution in [2.45, 2.75) is 37.9 Å². The van der Waals surface area contributed by atoms with E-state index < -0.39 is 11.7 Å². The highest BCUT2D eigenvalue weighted by molar-refractivity contribution is 5.67. The highest BCUT2D eigenvalue weighted by Gasteiger charge is 2.30. The van der Waals surface area contributed by atoms with Gasteiger partial charge in [0.1, 0.15) is 0 Å². The van der Waals surface area contributed by atoms with Gasteiger partial charge in [0, 0.05) is 6.04 Å². The minimum absolute atomic E-state index is 0.0444. The average molecular weight is 255 g/mol. The van der Waals surface area contributed by atoms with Crippen molar-refractivity contribution in [3.8, 4) is 0 Å². The molecule has 1 aliphatic carbocycles. The molecule has 0 aromatic heterocycles. The van der Waals surface area contributed by atoms with Crippen LogP contribution in [0.25, 0.3) is 5.57 Å². The van der Waals surface area contributed by atoms with Crippen molar-refractivity contribution in [1.29, 1.82) is 0 Å². The van der Waals surface area contributed by atoms with Gasteiger partial charge in [0.15, 0.2) is 0 Å². The van der Waals surface area contributed by atoms with E-state index in [-0.39, 0.29) is 6.04 Å². The van der Waals surface area contributed by atoms with Crippen LogP contribution >= 0.6 is 0 Å². The van der Waals surface area contributed by atoms with E-state index in [2.05, 4.69) is 0 Å². The maximum atomic E-state index is 12.6. The molecule has 0 spiro atoms.